The lowest BCUT2D eigenvalue weighted by molar-refractivity contribution is -0.119. The molecule has 0 atom stereocenters. The maximum atomic E-state index is 12.0. The molecule has 0 saturated carbocycles. The van der Waals surface area contributed by atoms with Crippen LogP contribution < -0.4 is 5.32 Å². The predicted octanol–water partition coefficient (Wildman–Crippen LogP) is 3.07. The molecule has 0 aliphatic heterocycles. The molecule has 1 N–H and O–H groups in total. The molecule has 0 heterocycles. The van der Waals surface area contributed by atoms with E-state index in [4.69, 9.17) is 0 Å². The summed E-state index contributed by atoms with van der Waals surface area (Å²) in [6.45, 7) is 13.9. The van der Waals surface area contributed by atoms with E-state index < -0.39 is 0 Å². The molecule has 1 amide bonds. The van der Waals surface area contributed by atoms with Crippen molar-refractivity contribution in [2.24, 2.45) is 11.3 Å². The molecule has 0 unspecified atom stereocenters. The van der Waals surface area contributed by atoms with Gasteiger partial charge in [0, 0.05) is 18.2 Å². The highest BCUT2D eigenvalue weighted by atomic mass is 16.1. The highest BCUT2D eigenvalue weighted by molar-refractivity contribution is 5.88. The van der Waals surface area contributed by atoms with Gasteiger partial charge in [0.15, 0.2) is 0 Å². The average Bonchev–Trinajstić information content (AvgIpc) is 2.13. The number of nitrogens with one attached hydrogen (secondary N) is 1. The van der Waals surface area contributed by atoms with Gasteiger partial charge >= 0.3 is 0 Å². The smallest absolute Gasteiger partial charge is 0.244 e. The Balaban J connectivity index is 4.58. The molecule has 3 nitrogen and oxygen atoms in total. The molecular weight excluding hydrogens is 236 g/mol. The van der Waals surface area contributed by atoms with E-state index in [1.54, 1.807) is 6.08 Å². The van der Waals surface area contributed by atoms with Gasteiger partial charge in [-0.2, -0.15) is 0 Å². The Morgan fingerprint density at radius 3 is 2.16 bits per heavy atom. The van der Waals surface area contributed by atoms with Gasteiger partial charge in [-0.3, -0.25) is 4.79 Å². The zero-order chi connectivity index (χ0) is 15.3. The second-order valence-corrected chi connectivity index (χ2v) is 7.26. The van der Waals surface area contributed by atoms with E-state index in [2.05, 4.69) is 46.9 Å². The van der Waals surface area contributed by atoms with Crippen LogP contribution in [0, 0.1) is 11.3 Å². The van der Waals surface area contributed by atoms with E-state index in [1.165, 1.54) is 0 Å². The molecule has 0 bridgehead atoms. The topological polar surface area (TPSA) is 32.3 Å². The van der Waals surface area contributed by atoms with Crippen molar-refractivity contribution in [1.82, 2.24) is 10.2 Å². The number of carbonyl (C=O) groups excluding carboxylic acids is 1. The van der Waals surface area contributed by atoms with Gasteiger partial charge in [-0.25, -0.2) is 0 Å². The van der Waals surface area contributed by atoms with E-state index in [-0.39, 0.29) is 16.9 Å². The second kappa shape index (κ2) is 7.09. The summed E-state index contributed by atoms with van der Waals surface area (Å²) < 4.78 is 0. The predicted molar refractivity (Wildman–Crippen MR) is 83.2 cm³/mol. The number of hydrogen-bond donors (Lipinski definition) is 1. The number of likely N-dealkylation sites (N-methyl/N-ethyl adjacent to an activating group) is 1. The molecule has 0 aromatic rings. The largest absolute Gasteiger partial charge is 0.347 e. The average molecular weight is 268 g/mol. The third-order valence-electron chi connectivity index (χ3n) is 3.79. The van der Waals surface area contributed by atoms with Crippen molar-refractivity contribution in [2.45, 2.75) is 53.5 Å². The third-order valence-corrected chi connectivity index (χ3v) is 3.79. The zero-order valence-corrected chi connectivity index (χ0v) is 14.0. The van der Waals surface area contributed by atoms with E-state index >= 15 is 0 Å². The molecule has 112 valence electrons. The first-order valence-corrected chi connectivity index (χ1v) is 7.11. The Morgan fingerprint density at radius 2 is 1.74 bits per heavy atom. The molecule has 0 rings (SSSR count). The van der Waals surface area contributed by atoms with Gasteiger partial charge in [-0.1, -0.05) is 33.8 Å². The lowest BCUT2D eigenvalue weighted by Crippen LogP contribution is -2.53. The molecule has 0 aromatic carbocycles. The molecule has 3 heteroatoms. The molecular formula is C16H32N2O. The van der Waals surface area contributed by atoms with Crippen LogP contribution in [0.3, 0.4) is 0 Å². The van der Waals surface area contributed by atoms with Crippen LogP contribution in [0.25, 0.3) is 0 Å². The molecule has 0 aliphatic rings. The van der Waals surface area contributed by atoms with Gasteiger partial charge in [0.2, 0.25) is 5.91 Å². The van der Waals surface area contributed by atoms with Crippen LogP contribution in [-0.4, -0.2) is 37.0 Å². The molecule has 0 spiro atoms. The fourth-order valence-electron chi connectivity index (χ4n) is 2.17. The van der Waals surface area contributed by atoms with Gasteiger partial charge in [-0.15, -0.1) is 0 Å². The standard InChI is InChI=1S/C16H32N2O/c1-13(2)12-15(3,4)16(5,6)17-14(19)10-9-11-18(7)8/h9-10,13H,11-12H2,1-8H3,(H,17,19)/b10-9+. The van der Waals surface area contributed by atoms with Crippen LogP contribution in [0.4, 0.5) is 0 Å². The Hall–Kier alpha value is -0.830. The van der Waals surface area contributed by atoms with Crippen LogP contribution in [0.2, 0.25) is 0 Å². The molecule has 0 aliphatic carbocycles. The monoisotopic (exact) mass is 268 g/mol. The Morgan fingerprint density at radius 1 is 1.21 bits per heavy atom. The summed E-state index contributed by atoms with van der Waals surface area (Å²) in [5, 5.41) is 3.13. The molecule has 0 saturated heterocycles. The number of rotatable bonds is 7. The Bertz CT molecular complexity index is 315. The van der Waals surface area contributed by atoms with Crippen molar-refractivity contribution in [3.05, 3.63) is 12.2 Å². The van der Waals surface area contributed by atoms with Crippen molar-refractivity contribution >= 4 is 5.91 Å². The maximum Gasteiger partial charge on any atom is 0.244 e. The van der Waals surface area contributed by atoms with Gasteiger partial charge in [-0.05, 0) is 45.7 Å². The van der Waals surface area contributed by atoms with Crippen LogP contribution in [0.15, 0.2) is 12.2 Å². The minimum Gasteiger partial charge on any atom is -0.347 e. The lowest BCUT2D eigenvalue weighted by atomic mass is 9.69. The first-order chi connectivity index (χ1) is 8.48. The van der Waals surface area contributed by atoms with Crippen molar-refractivity contribution in [1.29, 1.82) is 0 Å². The summed E-state index contributed by atoms with van der Waals surface area (Å²) in [6, 6.07) is 0. The van der Waals surface area contributed by atoms with Crippen molar-refractivity contribution in [3.63, 3.8) is 0 Å². The van der Waals surface area contributed by atoms with E-state index in [1.807, 2.05) is 25.1 Å². The summed E-state index contributed by atoms with van der Waals surface area (Å²) in [6.07, 6.45) is 4.61. The van der Waals surface area contributed by atoms with Gasteiger partial charge in [0.1, 0.15) is 0 Å². The summed E-state index contributed by atoms with van der Waals surface area (Å²) in [5.74, 6) is 0.610. The van der Waals surface area contributed by atoms with Crippen LogP contribution >= 0.6 is 0 Å². The van der Waals surface area contributed by atoms with Crippen LogP contribution in [-0.2, 0) is 4.79 Å². The lowest BCUT2D eigenvalue weighted by Gasteiger charge is -2.43. The van der Waals surface area contributed by atoms with Gasteiger partial charge in [0.05, 0.1) is 0 Å². The SMILES string of the molecule is CC(C)CC(C)(C)C(C)(C)NC(=O)/C=C/CN(C)C. The fraction of sp³-hybridized carbons (Fsp3) is 0.812. The first kappa shape index (κ1) is 18.2. The summed E-state index contributed by atoms with van der Waals surface area (Å²) in [7, 11) is 3.97. The molecule has 0 radical (unpaired) electrons. The highest BCUT2D eigenvalue weighted by Gasteiger charge is 2.37. The van der Waals surface area contributed by atoms with Crippen molar-refractivity contribution < 1.29 is 4.79 Å². The highest BCUT2D eigenvalue weighted by Crippen LogP contribution is 2.36. The summed E-state index contributed by atoms with van der Waals surface area (Å²) >= 11 is 0. The number of amides is 1. The Labute approximate surface area is 119 Å². The van der Waals surface area contributed by atoms with Crippen molar-refractivity contribution in [3.8, 4) is 0 Å². The maximum absolute atomic E-state index is 12.0. The number of carbonyl (C=O) groups is 1. The summed E-state index contributed by atoms with van der Waals surface area (Å²) in [4.78, 5) is 14.0. The number of hydrogen-bond acceptors (Lipinski definition) is 2. The first-order valence-electron chi connectivity index (χ1n) is 7.11. The van der Waals surface area contributed by atoms with Crippen molar-refractivity contribution in [2.75, 3.05) is 20.6 Å². The number of nitrogens with zero attached hydrogens (tertiary/aromatic N) is 1. The Kier molecular flexibility index (Phi) is 6.78. The van der Waals surface area contributed by atoms with Crippen LogP contribution in [0.5, 0.6) is 0 Å². The molecule has 0 aromatic heterocycles. The minimum absolute atomic E-state index is 0.0105. The zero-order valence-electron chi connectivity index (χ0n) is 14.0. The minimum atomic E-state index is -0.225. The molecule has 0 fully saturated rings. The van der Waals surface area contributed by atoms with Crippen LogP contribution in [0.1, 0.15) is 48.0 Å². The van der Waals surface area contributed by atoms with E-state index in [0.29, 0.717) is 5.92 Å². The fourth-order valence-corrected chi connectivity index (χ4v) is 2.17. The van der Waals surface area contributed by atoms with E-state index in [0.717, 1.165) is 13.0 Å². The second-order valence-electron chi connectivity index (χ2n) is 7.26. The van der Waals surface area contributed by atoms with Gasteiger partial charge < -0.3 is 10.2 Å². The van der Waals surface area contributed by atoms with E-state index in [9.17, 15) is 4.79 Å². The normalized spacial score (nSPS) is 13.6. The van der Waals surface area contributed by atoms with Gasteiger partial charge in [0.25, 0.3) is 0 Å². The molecule has 19 heavy (non-hydrogen) atoms. The third kappa shape index (κ3) is 6.76. The summed E-state index contributed by atoms with van der Waals surface area (Å²) in [5.41, 5.74) is -0.164. The quantitative estimate of drug-likeness (QED) is 0.720.